The zero-order valence-electron chi connectivity index (χ0n) is 18.6. The SMILES string of the molecule is N#Cc1ccc(OCC(COc2ccc(C#N)c(C#N)c2)Oc2ccc(C#N)c(C#N)c2)cc1C#N. The van der Waals surface area contributed by atoms with Crippen molar-refractivity contribution in [3.8, 4) is 53.7 Å². The topological polar surface area (TPSA) is 170 Å². The lowest BCUT2D eigenvalue weighted by atomic mass is 10.1. The van der Waals surface area contributed by atoms with E-state index in [0.29, 0.717) is 17.2 Å². The first-order valence-electron chi connectivity index (χ1n) is 10.3. The van der Waals surface area contributed by atoms with E-state index in [1.54, 1.807) is 12.1 Å². The van der Waals surface area contributed by atoms with Gasteiger partial charge in [-0.25, -0.2) is 0 Å². The summed E-state index contributed by atoms with van der Waals surface area (Å²) in [5.74, 6) is 0.974. The smallest absolute Gasteiger partial charge is 0.166 e. The molecule has 0 unspecified atom stereocenters. The molecular formula is C27H14N6O3. The normalized spacial score (nSPS) is 9.42. The first-order valence-corrected chi connectivity index (χ1v) is 10.3. The first-order chi connectivity index (χ1) is 17.5. The average Bonchev–Trinajstić information content (AvgIpc) is 2.93. The molecule has 0 aliphatic carbocycles. The van der Waals surface area contributed by atoms with E-state index in [4.69, 9.17) is 30.0 Å². The zero-order chi connectivity index (χ0) is 25.9. The standard InChI is InChI=1S/C27H14N6O3/c28-10-18-1-4-24(7-21(18)13-31)34-16-27(36-26-6-3-20(12-30)23(9-26)15-33)17-35-25-5-2-19(11-29)22(8-25)14-32/h1-9,27H,16-17H2. The maximum absolute atomic E-state index is 9.29. The number of nitrogens with zero attached hydrogens (tertiary/aromatic N) is 6. The van der Waals surface area contributed by atoms with Gasteiger partial charge in [-0.15, -0.1) is 0 Å². The van der Waals surface area contributed by atoms with Crippen LogP contribution < -0.4 is 14.2 Å². The van der Waals surface area contributed by atoms with Crippen molar-refractivity contribution in [1.29, 1.82) is 31.6 Å². The fourth-order valence-electron chi connectivity index (χ4n) is 3.08. The third-order valence-electron chi connectivity index (χ3n) is 4.87. The van der Waals surface area contributed by atoms with Crippen LogP contribution in [0.1, 0.15) is 33.4 Å². The molecule has 0 spiro atoms. The molecule has 3 aromatic carbocycles. The highest BCUT2D eigenvalue weighted by atomic mass is 16.6. The fraction of sp³-hybridized carbons (Fsp3) is 0.111. The molecule has 0 atom stereocenters. The largest absolute Gasteiger partial charge is 0.490 e. The van der Waals surface area contributed by atoms with Gasteiger partial charge in [-0.3, -0.25) is 0 Å². The highest BCUT2D eigenvalue weighted by Crippen LogP contribution is 2.22. The van der Waals surface area contributed by atoms with E-state index < -0.39 is 6.10 Å². The van der Waals surface area contributed by atoms with Crippen LogP contribution in [0.2, 0.25) is 0 Å². The maximum atomic E-state index is 9.29. The predicted octanol–water partition coefficient (Wildman–Crippen LogP) is 3.82. The second kappa shape index (κ2) is 11.7. The van der Waals surface area contributed by atoms with Crippen molar-refractivity contribution < 1.29 is 14.2 Å². The van der Waals surface area contributed by atoms with Gasteiger partial charge in [0.25, 0.3) is 0 Å². The van der Waals surface area contributed by atoms with Crippen LogP contribution in [-0.4, -0.2) is 19.3 Å². The van der Waals surface area contributed by atoms with E-state index in [1.165, 1.54) is 42.5 Å². The van der Waals surface area contributed by atoms with Gasteiger partial charge >= 0.3 is 0 Å². The highest BCUT2D eigenvalue weighted by molar-refractivity contribution is 5.51. The van der Waals surface area contributed by atoms with E-state index in [-0.39, 0.29) is 46.6 Å². The molecule has 36 heavy (non-hydrogen) atoms. The average molecular weight is 470 g/mol. The monoisotopic (exact) mass is 470 g/mol. The molecule has 0 amide bonds. The molecule has 0 N–H and O–H groups in total. The molecule has 9 heteroatoms. The Balaban J connectivity index is 1.82. The van der Waals surface area contributed by atoms with E-state index in [2.05, 4.69) is 0 Å². The Morgan fingerprint density at radius 3 is 1.17 bits per heavy atom. The molecule has 0 aliphatic heterocycles. The summed E-state index contributed by atoms with van der Waals surface area (Å²) in [6.45, 7) is -0.0832. The van der Waals surface area contributed by atoms with Crippen molar-refractivity contribution in [3.05, 3.63) is 88.0 Å². The van der Waals surface area contributed by atoms with Crippen molar-refractivity contribution in [1.82, 2.24) is 0 Å². The molecule has 0 saturated heterocycles. The van der Waals surface area contributed by atoms with Gasteiger partial charge in [-0.1, -0.05) is 0 Å². The Labute approximate surface area is 207 Å². The molecule has 3 rings (SSSR count). The van der Waals surface area contributed by atoms with Crippen LogP contribution in [0.5, 0.6) is 17.2 Å². The molecule has 0 radical (unpaired) electrons. The summed E-state index contributed by atoms with van der Waals surface area (Å²) in [5.41, 5.74) is 1.12. The van der Waals surface area contributed by atoms with E-state index >= 15 is 0 Å². The predicted molar refractivity (Wildman–Crippen MR) is 123 cm³/mol. The van der Waals surface area contributed by atoms with E-state index in [0.717, 1.165) is 0 Å². The van der Waals surface area contributed by atoms with Crippen molar-refractivity contribution in [2.24, 2.45) is 0 Å². The van der Waals surface area contributed by atoms with Crippen LogP contribution in [0.15, 0.2) is 54.6 Å². The summed E-state index contributed by atoms with van der Waals surface area (Å²) in [4.78, 5) is 0. The number of ether oxygens (including phenoxy) is 3. The molecule has 170 valence electrons. The lowest BCUT2D eigenvalue weighted by molar-refractivity contribution is 0.0811. The summed E-state index contributed by atoms with van der Waals surface area (Å²) in [7, 11) is 0. The Morgan fingerprint density at radius 2 is 0.806 bits per heavy atom. The van der Waals surface area contributed by atoms with Crippen molar-refractivity contribution >= 4 is 0 Å². The van der Waals surface area contributed by atoms with Crippen molar-refractivity contribution in [3.63, 3.8) is 0 Å². The second-order valence-electron chi connectivity index (χ2n) is 7.15. The van der Waals surface area contributed by atoms with Gasteiger partial charge in [-0.05, 0) is 54.6 Å². The summed E-state index contributed by atoms with van der Waals surface area (Å²) in [5, 5.41) is 55.1. The van der Waals surface area contributed by atoms with Crippen LogP contribution >= 0.6 is 0 Å². The van der Waals surface area contributed by atoms with Gasteiger partial charge in [0.15, 0.2) is 6.10 Å². The number of benzene rings is 3. The number of hydrogen-bond acceptors (Lipinski definition) is 9. The molecule has 0 heterocycles. The maximum Gasteiger partial charge on any atom is 0.166 e. The number of nitriles is 6. The Morgan fingerprint density at radius 1 is 0.472 bits per heavy atom. The van der Waals surface area contributed by atoms with Crippen LogP contribution in [0.3, 0.4) is 0 Å². The zero-order valence-corrected chi connectivity index (χ0v) is 18.6. The molecule has 3 aromatic rings. The van der Waals surface area contributed by atoms with Crippen LogP contribution in [0.25, 0.3) is 0 Å². The molecule has 0 fully saturated rings. The van der Waals surface area contributed by atoms with Gasteiger partial charge in [0.2, 0.25) is 0 Å². The lowest BCUT2D eigenvalue weighted by Crippen LogP contribution is -2.31. The highest BCUT2D eigenvalue weighted by Gasteiger charge is 2.16. The Bertz CT molecular complexity index is 1480. The van der Waals surface area contributed by atoms with Crippen LogP contribution in [0, 0.1) is 68.0 Å². The van der Waals surface area contributed by atoms with Crippen LogP contribution in [-0.2, 0) is 0 Å². The first kappa shape index (κ1) is 24.6. The molecular weight excluding hydrogens is 456 g/mol. The third-order valence-corrected chi connectivity index (χ3v) is 4.87. The molecule has 0 bridgehead atoms. The number of hydrogen-bond donors (Lipinski definition) is 0. The lowest BCUT2D eigenvalue weighted by Gasteiger charge is -2.21. The second-order valence-corrected chi connectivity index (χ2v) is 7.15. The van der Waals surface area contributed by atoms with E-state index in [1.807, 2.05) is 36.4 Å². The minimum absolute atomic E-state index is 0.0416. The molecule has 0 aliphatic rings. The van der Waals surface area contributed by atoms with Crippen molar-refractivity contribution in [2.75, 3.05) is 13.2 Å². The summed E-state index contributed by atoms with van der Waals surface area (Å²) in [6, 6.07) is 25.0. The molecule has 9 nitrogen and oxygen atoms in total. The van der Waals surface area contributed by atoms with Gasteiger partial charge in [-0.2, -0.15) is 31.6 Å². The summed E-state index contributed by atoms with van der Waals surface area (Å²) in [6.07, 6.45) is -0.730. The van der Waals surface area contributed by atoms with Crippen LogP contribution in [0.4, 0.5) is 0 Å². The molecule has 0 saturated carbocycles. The Hall–Kier alpha value is -6.00. The quantitative estimate of drug-likeness (QED) is 0.474. The summed E-state index contributed by atoms with van der Waals surface area (Å²) < 4.78 is 17.5. The van der Waals surface area contributed by atoms with E-state index in [9.17, 15) is 15.8 Å². The third kappa shape index (κ3) is 5.86. The van der Waals surface area contributed by atoms with Gasteiger partial charge in [0.05, 0.1) is 33.4 Å². The van der Waals surface area contributed by atoms with Gasteiger partial charge in [0.1, 0.15) is 66.9 Å². The van der Waals surface area contributed by atoms with Crippen molar-refractivity contribution in [2.45, 2.75) is 6.10 Å². The minimum Gasteiger partial charge on any atom is -0.490 e. The van der Waals surface area contributed by atoms with Gasteiger partial charge in [0, 0.05) is 0 Å². The fourth-order valence-corrected chi connectivity index (χ4v) is 3.08. The Kier molecular flexibility index (Phi) is 8.04. The minimum atomic E-state index is -0.730. The summed E-state index contributed by atoms with van der Waals surface area (Å²) >= 11 is 0. The van der Waals surface area contributed by atoms with Gasteiger partial charge < -0.3 is 14.2 Å². The number of rotatable bonds is 8. The molecule has 0 aromatic heterocycles.